The van der Waals surface area contributed by atoms with Gasteiger partial charge in [0.1, 0.15) is 10.7 Å². The van der Waals surface area contributed by atoms with Crippen molar-refractivity contribution in [1.82, 2.24) is 0 Å². The molecule has 1 aromatic carbocycles. The van der Waals surface area contributed by atoms with Crippen LogP contribution >= 0.6 is 28.1 Å². The van der Waals surface area contributed by atoms with Crippen molar-refractivity contribution >= 4 is 33.1 Å². The fourth-order valence-electron chi connectivity index (χ4n) is 1.57. The molecule has 17 heavy (non-hydrogen) atoms. The number of rotatable bonds is 7. The molecule has 2 nitrogen and oxygen atoms in total. The normalized spacial score (nSPS) is 10.2. The van der Waals surface area contributed by atoms with Crippen LogP contribution in [0.2, 0.25) is 0 Å². The lowest BCUT2D eigenvalue weighted by Gasteiger charge is -2.11. The monoisotopic (exact) mass is 315 g/mol. The van der Waals surface area contributed by atoms with Gasteiger partial charge in [-0.25, -0.2) is 0 Å². The highest BCUT2D eigenvalue weighted by atomic mass is 79.9. The van der Waals surface area contributed by atoms with Crippen LogP contribution in [0.15, 0.2) is 22.7 Å². The molecule has 0 bridgehead atoms. The number of thiocarbonyl (C=S) groups is 1. The van der Waals surface area contributed by atoms with Gasteiger partial charge in [0.2, 0.25) is 0 Å². The van der Waals surface area contributed by atoms with Gasteiger partial charge in [-0.05, 0) is 34.5 Å². The third-order valence-electron chi connectivity index (χ3n) is 2.48. The maximum absolute atomic E-state index is 5.73. The second kappa shape index (κ2) is 7.67. The zero-order valence-electron chi connectivity index (χ0n) is 10.0. The van der Waals surface area contributed by atoms with E-state index in [0.29, 0.717) is 11.6 Å². The smallest absolute Gasteiger partial charge is 0.130 e. The zero-order chi connectivity index (χ0) is 12.7. The lowest BCUT2D eigenvalue weighted by Crippen LogP contribution is -2.13. The average molecular weight is 316 g/mol. The summed E-state index contributed by atoms with van der Waals surface area (Å²) >= 11 is 8.46. The summed E-state index contributed by atoms with van der Waals surface area (Å²) in [6.45, 7) is 2.91. The molecule has 94 valence electrons. The minimum absolute atomic E-state index is 0.362. The molecule has 1 aromatic rings. The van der Waals surface area contributed by atoms with Gasteiger partial charge in [0.15, 0.2) is 0 Å². The van der Waals surface area contributed by atoms with E-state index >= 15 is 0 Å². The molecule has 0 aliphatic rings. The summed E-state index contributed by atoms with van der Waals surface area (Å²) in [7, 11) is 0. The molecule has 4 heteroatoms. The Morgan fingerprint density at radius 3 is 2.76 bits per heavy atom. The number of unbranched alkanes of at least 4 members (excludes halogenated alkanes) is 3. The number of benzene rings is 1. The van der Waals surface area contributed by atoms with E-state index in [4.69, 9.17) is 22.7 Å². The van der Waals surface area contributed by atoms with Crippen LogP contribution in [0.1, 0.15) is 38.2 Å². The highest BCUT2D eigenvalue weighted by Crippen LogP contribution is 2.26. The number of nitrogens with two attached hydrogens (primary N) is 1. The molecule has 0 radical (unpaired) electrons. The molecule has 0 spiro atoms. The minimum atomic E-state index is 0.362. The van der Waals surface area contributed by atoms with Gasteiger partial charge in [0, 0.05) is 4.47 Å². The maximum atomic E-state index is 5.73. The molecule has 0 aliphatic carbocycles. The third-order valence-corrected chi connectivity index (χ3v) is 3.34. The summed E-state index contributed by atoms with van der Waals surface area (Å²) in [6.07, 6.45) is 4.75. The lowest BCUT2D eigenvalue weighted by atomic mass is 10.2. The molecule has 0 amide bonds. The van der Waals surface area contributed by atoms with E-state index in [1.807, 2.05) is 18.2 Å². The van der Waals surface area contributed by atoms with E-state index < -0.39 is 0 Å². The standard InChI is InChI=1S/C13H18BrNOS/c1-2-3-4-5-9-16-11-8-6-7-10(14)12(11)13(15)17/h6-8H,2-5,9H2,1H3,(H2,15,17). The van der Waals surface area contributed by atoms with Crippen molar-refractivity contribution in [3.63, 3.8) is 0 Å². The first kappa shape index (κ1) is 14.5. The van der Waals surface area contributed by atoms with Crippen LogP contribution in [0, 0.1) is 0 Å². The molecule has 0 fully saturated rings. The Bertz CT molecular complexity index is 382. The molecular formula is C13H18BrNOS. The van der Waals surface area contributed by atoms with Crippen molar-refractivity contribution in [3.8, 4) is 5.75 Å². The van der Waals surface area contributed by atoms with Gasteiger partial charge in [0.05, 0.1) is 12.2 Å². The molecule has 0 heterocycles. The van der Waals surface area contributed by atoms with Crippen LogP contribution in [0.5, 0.6) is 5.75 Å². The zero-order valence-corrected chi connectivity index (χ0v) is 12.4. The van der Waals surface area contributed by atoms with Crippen LogP contribution < -0.4 is 10.5 Å². The van der Waals surface area contributed by atoms with E-state index in [-0.39, 0.29) is 0 Å². The Morgan fingerprint density at radius 2 is 2.12 bits per heavy atom. The molecule has 0 saturated heterocycles. The molecule has 0 aromatic heterocycles. The van der Waals surface area contributed by atoms with Gasteiger partial charge in [-0.1, -0.05) is 44.5 Å². The first-order valence-corrected chi connectivity index (χ1v) is 7.08. The highest BCUT2D eigenvalue weighted by Gasteiger charge is 2.10. The highest BCUT2D eigenvalue weighted by molar-refractivity contribution is 9.10. The fourth-order valence-corrected chi connectivity index (χ4v) is 2.48. The summed E-state index contributed by atoms with van der Waals surface area (Å²) in [5, 5.41) is 0. The summed E-state index contributed by atoms with van der Waals surface area (Å²) in [4.78, 5) is 0.362. The van der Waals surface area contributed by atoms with Gasteiger partial charge >= 0.3 is 0 Å². The van der Waals surface area contributed by atoms with Crippen LogP contribution in [0.3, 0.4) is 0 Å². The quantitative estimate of drug-likeness (QED) is 0.609. The van der Waals surface area contributed by atoms with Gasteiger partial charge in [-0.2, -0.15) is 0 Å². The molecular weight excluding hydrogens is 298 g/mol. The number of hydrogen-bond acceptors (Lipinski definition) is 2. The first-order valence-electron chi connectivity index (χ1n) is 5.88. The second-order valence-corrected chi connectivity index (χ2v) is 5.18. The van der Waals surface area contributed by atoms with Crippen molar-refractivity contribution in [1.29, 1.82) is 0 Å². The van der Waals surface area contributed by atoms with E-state index in [9.17, 15) is 0 Å². The first-order chi connectivity index (χ1) is 8.16. The molecule has 0 saturated carbocycles. The minimum Gasteiger partial charge on any atom is -0.493 e. The predicted octanol–water partition coefficient (Wildman–Crippen LogP) is 4.04. The van der Waals surface area contributed by atoms with Crippen LogP contribution in [-0.2, 0) is 0 Å². The van der Waals surface area contributed by atoms with Crippen molar-refractivity contribution < 1.29 is 4.74 Å². The number of hydrogen-bond donors (Lipinski definition) is 1. The lowest BCUT2D eigenvalue weighted by molar-refractivity contribution is 0.304. The Hall–Kier alpha value is -0.610. The molecule has 0 atom stereocenters. The Morgan fingerprint density at radius 1 is 1.35 bits per heavy atom. The van der Waals surface area contributed by atoms with Gasteiger partial charge < -0.3 is 10.5 Å². The SMILES string of the molecule is CCCCCCOc1cccc(Br)c1C(N)=S. The Balaban J connectivity index is 2.58. The maximum Gasteiger partial charge on any atom is 0.130 e. The van der Waals surface area contributed by atoms with E-state index in [0.717, 1.165) is 22.2 Å². The number of halogens is 1. The summed E-state index contributed by atoms with van der Waals surface area (Å²) in [5.41, 5.74) is 6.48. The topological polar surface area (TPSA) is 35.2 Å². The molecule has 0 unspecified atom stereocenters. The van der Waals surface area contributed by atoms with Crippen LogP contribution in [-0.4, -0.2) is 11.6 Å². The van der Waals surface area contributed by atoms with Crippen molar-refractivity contribution in [2.24, 2.45) is 5.73 Å². The van der Waals surface area contributed by atoms with Gasteiger partial charge in [-0.15, -0.1) is 0 Å². The van der Waals surface area contributed by atoms with E-state index in [1.165, 1.54) is 19.3 Å². The molecule has 2 N–H and O–H groups in total. The third kappa shape index (κ3) is 4.64. The van der Waals surface area contributed by atoms with Crippen LogP contribution in [0.25, 0.3) is 0 Å². The number of ether oxygens (including phenoxy) is 1. The Kier molecular flexibility index (Phi) is 6.52. The van der Waals surface area contributed by atoms with E-state index in [1.54, 1.807) is 0 Å². The Labute approximate surface area is 117 Å². The van der Waals surface area contributed by atoms with Crippen LogP contribution in [0.4, 0.5) is 0 Å². The largest absolute Gasteiger partial charge is 0.493 e. The van der Waals surface area contributed by atoms with Crippen molar-refractivity contribution in [2.75, 3.05) is 6.61 Å². The summed E-state index contributed by atoms with van der Waals surface area (Å²) in [5.74, 6) is 0.767. The molecule has 1 rings (SSSR count). The average Bonchev–Trinajstić information content (AvgIpc) is 2.28. The molecule has 0 aliphatic heterocycles. The fraction of sp³-hybridized carbons (Fsp3) is 0.462. The van der Waals surface area contributed by atoms with Gasteiger partial charge in [-0.3, -0.25) is 0 Å². The van der Waals surface area contributed by atoms with Crippen molar-refractivity contribution in [2.45, 2.75) is 32.6 Å². The summed E-state index contributed by atoms with van der Waals surface area (Å²) < 4.78 is 6.61. The van der Waals surface area contributed by atoms with Gasteiger partial charge in [0.25, 0.3) is 0 Å². The summed E-state index contributed by atoms with van der Waals surface area (Å²) in [6, 6.07) is 5.74. The van der Waals surface area contributed by atoms with E-state index in [2.05, 4.69) is 22.9 Å². The van der Waals surface area contributed by atoms with Crippen molar-refractivity contribution in [3.05, 3.63) is 28.2 Å². The second-order valence-electron chi connectivity index (χ2n) is 3.89. The predicted molar refractivity (Wildman–Crippen MR) is 79.7 cm³/mol.